The standard InChI is InChI=1S/C26H39N3O6S/c1-5-7-28(9-8-27-10-13-34-14-11-27)24(32)22-26-17(3)15-19(36-26)20(25(33)35-12-6-2)21(26)23(31)29(22)18(4)16-30/h5-6,17-22,30H,1-2,7-16H2,3-4H3/t17?,18-,19-,20+,21+,22?,26?/m1/s1. The Kier molecular flexibility index (Phi) is 8.49. The summed E-state index contributed by atoms with van der Waals surface area (Å²) >= 11 is 1.61. The van der Waals surface area contributed by atoms with Crippen molar-refractivity contribution in [1.82, 2.24) is 14.7 Å². The molecule has 3 unspecified atom stereocenters. The Morgan fingerprint density at radius 3 is 2.69 bits per heavy atom. The van der Waals surface area contributed by atoms with Gasteiger partial charge in [-0.2, -0.15) is 0 Å². The summed E-state index contributed by atoms with van der Waals surface area (Å²) in [6, 6.07) is -1.31. The van der Waals surface area contributed by atoms with Crippen LogP contribution < -0.4 is 0 Å². The van der Waals surface area contributed by atoms with Crippen LogP contribution in [0.15, 0.2) is 25.3 Å². The average molecular weight is 522 g/mol. The molecule has 2 bridgehead atoms. The van der Waals surface area contributed by atoms with Crippen LogP contribution in [0.1, 0.15) is 20.3 Å². The average Bonchev–Trinajstić information content (AvgIpc) is 3.48. The van der Waals surface area contributed by atoms with Gasteiger partial charge in [0.15, 0.2) is 0 Å². The van der Waals surface area contributed by atoms with Crippen molar-refractivity contribution in [3.05, 3.63) is 25.3 Å². The molecule has 10 heteroatoms. The highest BCUT2D eigenvalue weighted by molar-refractivity contribution is 8.02. The predicted octanol–water partition coefficient (Wildman–Crippen LogP) is 0.780. The third-order valence-electron chi connectivity index (χ3n) is 8.22. The molecule has 0 radical (unpaired) electrons. The van der Waals surface area contributed by atoms with Crippen LogP contribution in [-0.4, -0.2) is 119 Å². The highest BCUT2D eigenvalue weighted by Gasteiger charge is 2.76. The third-order valence-corrected chi connectivity index (χ3v) is 10.3. The molecule has 0 aromatic rings. The number of rotatable bonds is 11. The topological polar surface area (TPSA) is 99.6 Å². The van der Waals surface area contributed by atoms with Crippen molar-refractivity contribution in [2.45, 2.75) is 42.3 Å². The fourth-order valence-corrected chi connectivity index (χ4v) is 8.90. The van der Waals surface area contributed by atoms with Gasteiger partial charge in [0, 0.05) is 38.0 Å². The first-order valence-electron chi connectivity index (χ1n) is 12.9. The zero-order valence-electron chi connectivity index (χ0n) is 21.3. The lowest BCUT2D eigenvalue weighted by molar-refractivity contribution is -0.153. The number of nitrogens with zero attached hydrogens (tertiary/aromatic N) is 3. The molecule has 4 rings (SSSR count). The molecule has 9 nitrogen and oxygen atoms in total. The molecule has 0 aromatic carbocycles. The minimum Gasteiger partial charge on any atom is -0.461 e. The van der Waals surface area contributed by atoms with Gasteiger partial charge in [-0.15, -0.1) is 18.3 Å². The Morgan fingerprint density at radius 1 is 1.33 bits per heavy atom. The summed E-state index contributed by atoms with van der Waals surface area (Å²) in [5.74, 6) is -1.98. The highest BCUT2D eigenvalue weighted by Crippen LogP contribution is 2.69. The van der Waals surface area contributed by atoms with Gasteiger partial charge >= 0.3 is 5.97 Å². The largest absolute Gasteiger partial charge is 0.461 e. The Bertz CT molecular complexity index is 880. The molecule has 4 aliphatic rings. The molecule has 0 aromatic heterocycles. The van der Waals surface area contributed by atoms with Gasteiger partial charge in [-0.05, 0) is 19.3 Å². The van der Waals surface area contributed by atoms with E-state index >= 15 is 0 Å². The van der Waals surface area contributed by atoms with E-state index in [1.165, 1.54) is 6.08 Å². The lowest BCUT2D eigenvalue weighted by Crippen LogP contribution is -2.59. The first kappa shape index (κ1) is 27.2. The van der Waals surface area contributed by atoms with E-state index in [1.54, 1.807) is 34.6 Å². The van der Waals surface area contributed by atoms with E-state index in [0.717, 1.165) is 19.5 Å². The minimum atomic E-state index is -0.760. The second-order valence-electron chi connectivity index (χ2n) is 10.3. The van der Waals surface area contributed by atoms with E-state index in [4.69, 9.17) is 9.47 Å². The quantitative estimate of drug-likeness (QED) is 0.315. The van der Waals surface area contributed by atoms with Crippen molar-refractivity contribution in [2.24, 2.45) is 17.8 Å². The van der Waals surface area contributed by atoms with Gasteiger partial charge in [-0.1, -0.05) is 25.7 Å². The molecule has 1 N–H and O–H groups in total. The Hall–Kier alpha value is -1.88. The van der Waals surface area contributed by atoms with Crippen LogP contribution in [0.3, 0.4) is 0 Å². The summed E-state index contributed by atoms with van der Waals surface area (Å²) in [6.07, 6.45) is 3.96. The van der Waals surface area contributed by atoms with E-state index in [9.17, 15) is 19.5 Å². The number of aliphatic hydroxyl groups is 1. The van der Waals surface area contributed by atoms with Gasteiger partial charge in [0.1, 0.15) is 12.6 Å². The lowest BCUT2D eigenvalue weighted by Gasteiger charge is -2.41. The van der Waals surface area contributed by atoms with E-state index in [1.807, 2.05) is 0 Å². The predicted molar refractivity (Wildman–Crippen MR) is 137 cm³/mol. The molecular weight excluding hydrogens is 482 g/mol. The molecule has 4 fully saturated rings. The maximum Gasteiger partial charge on any atom is 0.311 e. The number of hydrogen-bond acceptors (Lipinski definition) is 8. The first-order chi connectivity index (χ1) is 17.3. The summed E-state index contributed by atoms with van der Waals surface area (Å²) in [6.45, 7) is 15.7. The van der Waals surface area contributed by atoms with Crippen LogP contribution >= 0.6 is 11.8 Å². The van der Waals surface area contributed by atoms with E-state index in [2.05, 4.69) is 25.0 Å². The number of esters is 1. The molecule has 7 atom stereocenters. The van der Waals surface area contributed by atoms with Gasteiger partial charge in [-0.3, -0.25) is 19.3 Å². The highest BCUT2D eigenvalue weighted by atomic mass is 32.2. The number of amides is 2. The third kappa shape index (κ3) is 4.50. The van der Waals surface area contributed by atoms with Crippen molar-refractivity contribution >= 4 is 29.5 Å². The number of morpholine rings is 1. The zero-order chi connectivity index (χ0) is 26.0. The van der Waals surface area contributed by atoms with E-state index < -0.39 is 34.6 Å². The fourth-order valence-electron chi connectivity index (χ4n) is 6.51. The monoisotopic (exact) mass is 521 g/mol. The van der Waals surface area contributed by atoms with Crippen LogP contribution in [0.4, 0.5) is 0 Å². The number of fused-ring (bicyclic) bond motifs is 1. The van der Waals surface area contributed by atoms with Gasteiger partial charge in [0.25, 0.3) is 0 Å². The van der Waals surface area contributed by atoms with Crippen molar-refractivity contribution in [2.75, 3.05) is 59.2 Å². The summed E-state index contributed by atoms with van der Waals surface area (Å²) in [4.78, 5) is 47.0. The van der Waals surface area contributed by atoms with Crippen molar-refractivity contribution in [3.8, 4) is 0 Å². The van der Waals surface area contributed by atoms with Gasteiger partial charge in [0.05, 0.1) is 42.4 Å². The van der Waals surface area contributed by atoms with E-state index in [0.29, 0.717) is 32.8 Å². The van der Waals surface area contributed by atoms with Crippen molar-refractivity contribution in [1.29, 1.82) is 0 Å². The van der Waals surface area contributed by atoms with Crippen LogP contribution in [0, 0.1) is 17.8 Å². The van der Waals surface area contributed by atoms with Crippen LogP contribution in [0.2, 0.25) is 0 Å². The number of thioether (sulfide) groups is 1. The van der Waals surface area contributed by atoms with Crippen molar-refractivity contribution in [3.63, 3.8) is 0 Å². The first-order valence-corrected chi connectivity index (χ1v) is 13.8. The van der Waals surface area contributed by atoms with Crippen LogP contribution in [-0.2, 0) is 23.9 Å². The molecule has 4 saturated heterocycles. The SMILES string of the molecule is C=CCOC(=O)[C@@H]1[C@H]2C(=O)N([C@H](C)CO)C(C(=O)N(CC=C)CCN3CCOCC3)C23S[C@@H]1CC3C. The maximum absolute atomic E-state index is 14.3. The summed E-state index contributed by atoms with van der Waals surface area (Å²) in [5, 5.41) is 9.98. The van der Waals surface area contributed by atoms with E-state index in [-0.39, 0.29) is 36.2 Å². The summed E-state index contributed by atoms with van der Waals surface area (Å²) in [7, 11) is 0. The molecule has 0 aliphatic carbocycles. The Morgan fingerprint density at radius 2 is 2.06 bits per heavy atom. The molecule has 2 amide bonds. The minimum absolute atomic E-state index is 0.0552. The number of aliphatic hydroxyl groups excluding tert-OH is 1. The second-order valence-corrected chi connectivity index (χ2v) is 11.8. The fraction of sp³-hybridized carbons (Fsp3) is 0.731. The van der Waals surface area contributed by atoms with Gasteiger partial charge < -0.3 is 24.4 Å². The lowest BCUT2D eigenvalue weighted by atomic mass is 9.66. The Balaban J connectivity index is 1.66. The number of likely N-dealkylation sites (tertiary alicyclic amines) is 1. The summed E-state index contributed by atoms with van der Waals surface area (Å²) in [5.41, 5.74) is 0. The zero-order valence-corrected chi connectivity index (χ0v) is 22.2. The smallest absolute Gasteiger partial charge is 0.311 e. The molecule has 36 heavy (non-hydrogen) atoms. The number of carbonyl (C=O) groups excluding carboxylic acids is 3. The molecular formula is C26H39N3O6S. The van der Waals surface area contributed by atoms with Crippen molar-refractivity contribution < 1.29 is 29.0 Å². The number of hydrogen-bond donors (Lipinski definition) is 1. The van der Waals surface area contributed by atoms with Gasteiger partial charge in [0.2, 0.25) is 11.8 Å². The molecule has 200 valence electrons. The molecule has 0 saturated carbocycles. The Labute approximate surface area is 217 Å². The maximum atomic E-state index is 14.3. The van der Waals surface area contributed by atoms with Crippen LogP contribution in [0.25, 0.3) is 0 Å². The number of ether oxygens (including phenoxy) is 2. The molecule has 1 spiro atoms. The number of carbonyl (C=O) groups is 3. The molecule has 4 aliphatic heterocycles. The molecule has 4 heterocycles. The van der Waals surface area contributed by atoms with Crippen LogP contribution in [0.5, 0.6) is 0 Å². The normalized spacial score (nSPS) is 34.4. The second kappa shape index (κ2) is 11.2. The summed E-state index contributed by atoms with van der Waals surface area (Å²) < 4.78 is 10.1. The van der Waals surface area contributed by atoms with Gasteiger partial charge in [-0.25, -0.2) is 0 Å².